The van der Waals surface area contributed by atoms with E-state index < -0.39 is 6.10 Å². The lowest BCUT2D eigenvalue weighted by Crippen LogP contribution is -2.11. The van der Waals surface area contributed by atoms with Gasteiger partial charge in [-0.3, -0.25) is 0 Å². The molecule has 0 fully saturated rings. The first-order valence-electron chi connectivity index (χ1n) is 4.12. The van der Waals surface area contributed by atoms with Gasteiger partial charge in [0.25, 0.3) is 0 Å². The monoisotopic (exact) mass is 213 g/mol. The highest BCUT2D eigenvalue weighted by atomic mass is 35.5. The van der Waals surface area contributed by atoms with Gasteiger partial charge in [0.1, 0.15) is 0 Å². The molecule has 1 atom stereocenters. The van der Waals surface area contributed by atoms with Crippen molar-refractivity contribution >= 4 is 23.4 Å². The molecule has 1 unspecified atom stereocenters. The predicted octanol–water partition coefficient (Wildman–Crippen LogP) is 0.977. The fourth-order valence-electron chi connectivity index (χ4n) is 1.29. The van der Waals surface area contributed by atoms with Gasteiger partial charge in [0.2, 0.25) is 0 Å². The molecule has 76 valence electrons. The van der Waals surface area contributed by atoms with E-state index in [0.717, 1.165) is 16.6 Å². The normalized spacial score (nSPS) is 12.4. The number of hydrogen-bond donors (Lipinski definition) is 3. The van der Waals surface area contributed by atoms with Crippen LogP contribution in [0.3, 0.4) is 0 Å². The number of aromatic amines is 1. The van der Waals surface area contributed by atoms with E-state index in [-0.39, 0.29) is 19.0 Å². The number of halogens is 1. The maximum absolute atomic E-state index is 9.46. The summed E-state index contributed by atoms with van der Waals surface area (Å²) >= 11 is 0. The van der Waals surface area contributed by atoms with E-state index in [9.17, 15) is 5.11 Å². The van der Waals surface area contributed by atoms with Gasteiger partial charge in [-0.05, 0) is 17.7 Å². The minimum absolute atomic E-state index is 0. The first kappa shape index (κ1) is 11.0. The van der Waals surface area contributed by atoms with Gasteiger partial charge in [0.15, 0.2) is 0 Å². The summed E-state index contributed by atoms with van der Waals surface area (Å²) < 4.78 is 0. The Bertz CT molecular complexity index is 415. The number of nitrogens with one attached hydrogen (secondary N) is 1. The predicted molar refractivity (Wildman–Crippen MR) is 57.4 cm³/mol. The van der Waals surface area contributed by atoms with E-state index in [2.05, 4.69) is 9.97 Å². The zero-order valence-corrected chi connectivity index (χ0v) is 8.29. The molecule has 4 N–H and O–H groups in total. The van der Waals surface area contributed by atoms with Gasteiger partial charge in [0.05, 0.1) is 23.5 Å². The molecular weight excluding hydrogens is 202 g/mol. The average Bonchev–Trinajstić information content (AvgIpc) is 2.63. The average molecular weight is 214 g/mol. The van der Waals surface area contributed by atoms with E-state index in [1.165, 1.54) is 0 Å². The largest absolute Gasteiger partial charge is 0.387 e. The Hall–Kier alpha value is -1.10. The summed E-state index contributed by atoms with van der Waals surface area (Å²) in [4.78, 5) is 7.07. The van der Waals surface area contributed by atoms with Gasteiger partial charge < -0.3 is 15.8 Å². The number of aliphatic hydroxyl groups is 1. The van der Waals surface area contributed by atoms with Gasteiger partial charge >= 0.3 is 0 Å². The second-order valence-corrected chi connectivity index (χ2v) is 2.93. The number of rotatable bonds is 2. The van der Waals surface area contributed by atoms with E-state index in [4.69, 9.17) is 5.73 Å². The summed E-state index contributed by atoms with van der Waals surface area (Å²) in [5.74, 6) is 0. The van der Waals surface area contributed by atoms with E-state index in [1.807, 2.05) is 18.2 Å². The van der Waals surface area contributed by atoms with Crippen LogP contribution >= 0.6 is 12.4 Å². The maximum Gasteiger partial charge on any atom is 0.0931 e. The van der Waals surface area contributed by atoms with Crippen molar-refractivity contribution in [2.45, 2.75) is 6.10 Å². The molecule has 1 aromatic carbocycles. The molecule has 1 aromatic heterocycles. The van der Waals surface area contributed by atoms with Crippen LogP contribution in [-0.4, -0.2) is 21.6 Å². The lowest BCUT2D eigenvalue weighted by atomic mass is 10.1. The highest BCUT2D eigenvalue weighted by Gasteiger charge is 2.05. The number of hydrogen-bond acceptors (Lipinski definition) is 3. The smallest absolute Gasteiger partial charge is 0.0931 e. The third-order valence-electron chi connectivity index (χ3n) is 2.05. The van der Waals surface area contributed by atoms with Gasteiger partial charge in [-0.2, -0.15) is 0 Å². The lowest BCUT2D eigenvalue weighted by molar-refractivity contribution is 0.187. The van der Waals surface area contributed by atoms with Crippen LogP contribution in [-0.2, 0) is 0 Å². The van der Waals surface area contributed by atoms with Crippen molar-refractivity contribution in [1.82, 2.24) is 9.97 Å². The molecule has 0 saturated heterocycles. The van der Waals surface area contributed by atoms with Crippen LogP contribution in [0.1, 0.15) is 11.7 Å². The van der Waals surface area contributed by atoms with Gasteiger partial charge in [-0.1, -0.05) is 6.07 Å². The Morgan fingerprint density at radius 1 is 1.50 bits per heavy atom. The molecule has 0 aliphatic carbocycles. The van der Waals surface area contributed by atoms with E-state index in [1.54, 1.807) is 6.33 Å². The number of nitrogens with two attached hydrogens (primary N) is 1. The highest BCUT2D eigenvalue weighted by Crippen LogP contribution is 2.16. The third kappa shape index (κ3) is 1.87. The zero-order chi connectivity index (χ0) is 9.26. The number of H-pyrrole nitrogens is 1. The molecule has 0 aliphatic heterocycles. The van der Waals surface area contributed by atoms with Crippen LogP contribution in [0.15, 0.2) is 24.5 Å². The minimum atomic E-state index is -0.596. The Kier molecular flexibility index (Phi) is 3.46. The fraction of sp³-hybridized carbons (Fsp3) is 0.222. The SMILES string of the molecule is Cl.NCC(O)c1ccc2[nH]cnc2c1. The molecule has 0 aliphatic rings. The van der Waals surface area contributed by atoms with Crippen LogP contribution in [0.25, 0.3) is 11.0 Å². The molecule has 2 rings (SSSR count). The summed E-state index contributed by atoms with van der Waals surface area (Å²) in [7, 11) is 0. The number of benzene rings is 1. The standard InChI is InChI=1S/C9H11N3O.ClH/c10-4-9(13)6-1-2-7-8(3-6)12-5-11-7;/h1-3,5,9,13H,4,10H2,(H,11,12);1H. The van der Waals surface area contributed by atoms with Gasteiger partial charge in [-0.25, -0.2) is 4.98 Å². The van der Waals surface area contributed by atoms with E-state index in [0.29, 0.717) is 0 Å². The number of nitrogens with zero attached hydrogens (tertiary/aromatic N) is 1. The second-order valence-electron chi connectivity index (χ2n) is 2.93. The summed E-state index contributed by atoms with van der Waals surface area (Å²) in [6.45, 7) is 0.232. The van der Waals surface area contributed by atoms with Crippen molar-refractivity contribution in [3.63, 3.8) is 0 Å². The first-order valence-corrected chi connectivity index (χ1v) is 4.12. The molecule has 1 heterocycles. The van der Waals surface area contributed by atoms with Gasteiger partial charge in [-0.15, -0.1) is 12.4 Å². The second kappa shape index (κ2) is 4.41. The molecular formula is C9H12ClN3O. The van der Waals surface area contributed by atoms with Crippen molar-refractivity contribution in [3.05, 3.63) is 30.1 Å². The Morgan fingerprint density at radius 2 is 2.29 bits per heavy atom. The Morgan fingerprint density at radius 3 is 3.00 bits per heavy atom. The number of aliphatic hydroxyl groups excluding tert-OH is 1. The van der Waals surface area contributed by atoms with Crippen LogP contribution < -0.4 is 5.73 Å². The van der Waals surface area contributed by atoms with E-state index >= 15 is 0 Å². The molecule has 0 bridgehead atoms. The Balaban J connectivity index is 0.000000980. The molecule has 0 radical (unpaired) electrons. The highest BCUT2D eigenvalue weighted by molar-refractivity contribution is 5.85. The molecule has 4 nitrogen and oxygen atoms in total. The van der Waals surface area contributed by atoms with Crippen molar-refractivity contribution in [1.29, 1.82) is 0 Å². The topological polar surface area (TPSA) is 74.9 Å². The molecule has 2 aromatic rings. The number of imidazole rings is 1. The molecule has 5 heteroatoms. The van der Waals surface area contributed by atoms with Crippen LogP contribution in [0.5, 0.6) is 0 Å². The minimum Gasteiger partial charge on any atom is -0.387 e. The molecule has 0 saturated carbocycles. The quantitative estimate of drug-likeness (QED) is 0.696. The van der Waals surface area contributed by atoms with Crippen molar-refractivity contribution in [3.8, 4) is 0 Å². The van der Waals surface area contributed by atoms with Gasteiger partial charge in [0, 0.05) is 6.54 Å². The van der Waals surface area contributed by atoms with Crippen molar-refractivity contribution < 1.29 is 5.11 Å². The first-order chi connectivity index (χ1) is 6.31. The number of aromatic nitrogens is 2. The summed E-state index contributed by atoms with van der Waals surface area (Å²) in [5.41, 5.74) is 7.97. The maximum atomic E-state index is 9.46. The molecule has 0 amide bonds. The fourth-order valence-corrected chi connectivity index (χ4v) is 1.29. The molecule has 0 spiro atoms. The summed E-state index contributed by atoms with van der Waals surface area (Å²) in [5, 5.41) is 9.46. The third-order valence-corrected chi connectivity index (χ3v) is 2.05. The van der Waals surface area contributed by atoms with Crippen LogP contribution in [0.4, 0.5) is 0 Å². The van der Waals surface area contributed by atoms with Crippen molar-refractivity contribution in [2.75, 3.05) is 6.54 Å². The Labute approximate surface area is 87.6 Å². The number of fused-ring (bicyclic) bond motifs is 1. The van der Waals surface area contributed by atoms with Crippen LogP contribution in [0.2, 0.25) is 0 Å². The summed E-state index contributed by atoms with van der Waals surface area (Å²) in [6, 6.07) is 5.57. The van der Waals surface area contributed by atoms with Crippen LogP contribution in [0, 0.1) is 0 Å². The zero-order valence-electron chi connectivity index (χ0n) is 7.47. The molecule has 14 heavy (non-hydrogen) atoms. The summed E-state index contributed by atoms with van der Waals surface area (Å²) in [6.07, 6.45) is 1.03. The van der Waals surface area contributed by atoms with Crippen molar-refractivity contribution in [2.24, 2.45) is 5.73 Å². The lowest BCUT2D eigenvalue weighted by Gasteiger charge is -2.06.